The van der Waals surface area contributed by atoms with E-state index in [9.17, 15) is 39.3 Å². The summed E-state index contributed by atoms with van der Waals surface area (Å²) in [5, 5.41) is 48.1. The number of hydrogen-bond acceptors (Lipinski definition) is 16. The molecule has 18 rings (SSSR count). The van der Waals surface area contributed by atoms with Gasteiger partial charge in [0.05, 0.1) is 18.9 Å². The minimum absolute atomic E-state index is 0.0790. The molecule has 2 heterocycles. The predicted molar refractivity (Wildman–Crippen MR) is 436 cm³/mol. The maximum absolute atomic E-state index is 13.1. The molecule has 0 bridgehead atoms. The molecule has 8 aromatic carbocycles. The molecule has 20 heteroatoms. The van der Waals surface area contributed by atoms with Crippen molar-refractivity contribution >= 4 is 63.5 Å². The van der Waals surface area contributed by atoms with Crippen LogP contribution in [0.15, 0.2) is 232 Å². The number of fused-ring (bicyclic) bond motifs is 8. The Bertz CT molecular complexity index is 5050. The fourth-order valence-electron chi connectivity index (χ4n) is 15.7. The summed E-state index contributed by atoms with van der Waals surface area (Å²) >= 11 is 4.55. The first kappa shape index (κ1) is 79.8. The number of nitrogens with two attached hydrogens (primary N) is 1. The Labute approximate surface area is 658 Å². The Balaban J connectivity index is 0.000000129. The van der Waals surface area contributed by atoms with Crippen LogP contribution in [-0.2, 0) is 73.9 Å². The van der Waals surface area contributed by atoms with Crippen molar-refractivity contribution in [2.75, 3.05) is 46.4 Å². The largest absolute Gasteiger partial charge is 0.508 e. The highest BCUT2D eigenvalue weighted by atomic mass is 35.5. The second-order valence-electron chi connectivity index (χ2n) is 29.7. The van der Waals surface area contributed by atoms with Gasteiger partial charge in [-0.25, -0.2) is 4.79 Å². The number of nitrogens with one attached hydrogen (secondary N) is 2. The lowest BCUT2D eigenvalue weighted by atomic mass is 10.00. The summed E-state index contributed by atoms with van der Waals surface area (Å²) in [6.45, 7) is 12.7. The third kappa shape index (κ3) is 19.5. The molecule has 8 N–H and O–H groups in total. The zero-order valence-corrected chi connectivity index (χ0v) is 64.3. The number of Topliss-reactive ketones (excluding diaryl/α,β-unsaturated/α-hetero) is 4. The minimum atomic E-state index is -0.725. The summed E-state index contributed by atoms with van der Waals surface area (Å²) in [5.41, 5.74) is 35.0. The number of aryl methyl sites for hydroxylation is 1. The number of piperazine rings is 1. The molecule has 0 unspecified atom stereocenters. The molecule has 19 nitrogen and oxygen atoms in total. The van der Waals surface area contributed by atoms with Crippen molar-refractivity contribution in [1.82, 2.24) is 15.1 Å². The maximum atomic E-state index is 13.1. The van der Waals surface area contributed by atoms with Crippen molar-refractivity contribution in [3.8, 4) is 23.0 Å². The van der Waals surface area contributed by atoms with Crippen LogP contribution in [-0.4, -0.2) is 111 Å². The van der Waals surface area contributed by atoms with E-state index in [1.54, 1.807) is 88.5 Å². The van der Waals surface area contributed by atoms with Gasteiger partial charge in [-0.1, -0.05) is 126 Å². The first-order chi connectivity index (χ1) is 54.1. The van der Waals surface area contributed by atoms with Gasteiger partial charge in [0, 0.05) is 121 Å². The van der Waals surface area contributed by atoms with E-state index in [1.165, 1.54) is 63.8 Å². The van der Waals surface area contributed by atoms with Gasteiger partial charge in [-0.3, -0.25) is 29.0 Å². The number of carbonyl (C=O) groups excluding carboxylic acids is 5. The Morgan fingerprint density at radius 3 is 1.38 bits per heavy atom. The van der Waals surface area contributed by atoms with E-state index in [2.05, 4.69) is 156 Å². The molecule has 0 radical (unpaired) electrons. The second kappa shape index (κ2) is 36.9. The number of primary amides is 1. The van der Waals surface area contributed by atoms with Gasteiger partial charge in [-0.2, -0.15) is 5.53 Å². The molecule has 0 saturated carbocycles. The molecule has 2 fully saturated rings. The molecule has 8 aliphatic carbocycles. The lowest BCUT2D eigenvalue weighted by Crippen LogP contribution is -2.43. The number of rotatable bonds is 9. The van der Waals surface area contributed by atoms with E-state index in [-0.39, 0.29) is 34.6 Å². The van der Waals surface area contributed by atoms with Gasteiger partial charge in [-0.05, 0) is 252 Å². The van der Waals surface area contributed by atoms with E-state index in [4.69, 9.17) is 21.1 Å². The number of halogens is 1. The average molecular weight is 1520 g/mol. The maximum Gasteiger partial charge on any atom is 0.405 e. The van der Waals surface area contributed by atoms with Gasteiger partial charge < -0.3 is 41.0 Å². The summed E-state index contributed by atoms with van der Waals surface area (Å²) < 4.78 is 12.4. The van der Waals surface area contributed by atoms with Crippen molar-refractivity contribution in [3.63, 3.8) is 0 Å². The molecule has 112 heavy (non-hydrogen) atoms. The average Bonchev–Trinajstić information content (AvgIpc) is 1.63. The number of piperidine rings is 1. The van der Waals surface area contributed by atoms with Gasteiger partial charge in [0.1, 0.15) is 34.4 Å². The Kier molecular flexibility index (Phi) is 26.3. The highest BCUT2D eigenvalue weighted by Crippen LogP contribution is 2.41. The van der Waals surface area contributed by atoms with Gasteiger partial charge in [0.25, 0.3) is 0 Å². The zero-order chi connectivity index (χ0) is 79.0. The number of methoxy groups -OCH3 is 1. The number of likely N-dealkylation sites (tertiary alicyclic amines) is 1. The smallest absolute Gasteiger partial charge is 0.405 e. The minimum Gasteiger partial charge on any atom is -0.508 e. The van der Waals surface area contributed by atoms with Crippen molar-refractivity contribution in [2.45, 2.75) is 117 Å². The topological polar surface area (TPSA) is 290 Å². The van der Waals surface area contributed by atoms with E-state index in [0.717, 1.165) is 167 Å². The molecule has 2 aliphatic heterocycles. The third-order valence-electron chi connectivity index (χ3n) is 21.2. The third-order valence-corrected chi connectivity index (χ3v) is 21.2. The Hall–Kier alpha value is -11.7. The van der Waals surface area contributed by atoms with Crippen LogP contribution in [0.2, 0.25) is 0 Å². The second-order valence-corrected chi connectivity index (χ2v) is 29.8. The first-order valence-corrected chi connectivity index (χ1v) is 38.3. The van der Waals surface area contributed by atoms with Crippen molar-refractivity contribution in [3.05, 3.63) is 317 Å². The van der Waals surface area contributed by atoms with Crippen LogP contribution in [0.3, 0.4) is 0 Å². The SMILES string of the molecule is CC(C)(C)OC(N)=O.COC1=CCc2ccccc21.N=NN=NCl.O=C1/C(=C/C2=CCc3ccccc32)Cc2c1ccc(O)c2CN1CCCCC1.O=C1/C(=C/C2=CCc3ccccc32)Cc2c1ccc(O)c2CN1CCNCC1.O=C1/C(=C/C2=CCc3ccccc32)Cc2cc(O)ccc21.O=C1CCc2cc(O)ccc21. The van der Waals surface area contributed by atoms with E-state index >= 15 is 0 Å². The van der Waals surface area contributed by atoms with E-state index in [0.29, 0.717) is 49.3 Å². The molecular formula is C92H93ClN8O11. The van der Waals surface area contributed by atoms with Crippen LogP contribution in [0.1, 0.15) is 166 Å². The first-order valence-electron chi connectivity index (χ1n) is 37.9. The summed E-state index contributed by atoms with van der Waals surface area (Å²) in [6, 6.07) is 50.3. The highest BCUT2D eigenvalue weighted by Gasteiger charge is 2.33. The van der Waals surface area contributed by atoms with Crippen molar-refractivity contribution in [1.29, 1.82) is 5.53 Å². The quantitative estimate of drug-likeness (QED) is 0.0402. The number of ketones is 4. The number of hydrogen-bond donors (Lipinski definition) is 7. The fraction of sp³-hybridized carbons (Fsp3) is 0.272. The van der Waals surface area contributed by atoms with Gasteiger partial charge in [0.2, 0.25) is 0 Å². The van der Waals surface area contributed by atoms with Crippen LogP contribution in [0.25, 0.3) is 22.5 Å². The van der Waals surface area contributed by atoms with Crippen LogP contribution in [0.5, 0.6) is 23.0 Å². The Morgan fingerprint density at radius 1 is 0.509 bits per heavy atom. The summed E-state index contributed by atoms with van der Waals surface area (Å²) in [4.78, 5) is 64.4. The zero-order valence-electron chi connectivity index (χ0n) is 63.5. The molecule has 574 valence electrons. The van der Waals surface area contributed by atoms with Gasteiger partial charge >= 0.3 is 6.09 Å². The number of phenols is 4. The summed E-state index contributed by atoms with van der Waals surface area (Å²) in [7, 11) is 1.72. The lowest BCUT2D eigenvalue weighted by Gasteiger charge is -2.28. The standard InChI is InChI=1S/C25H25NO2.C24H24N2O2.C19H14O2.C10H10O.C9H8O2.C5H11NO2.ClHN4/c27-24-11-10-21-22(23(24)16-26-12-4-1-5-13-26)15-19(25(21)28)14-18-9-8-17-6-2-3-7-20(17)18;27-23-8-7-20-21(22(23)15-26-11-9-25-10-12-26)14-18(24(20)28)13-17-6-5-16-3-1-2-4-19(16)17;20-16-7-8-18-14(11-16)10-15(19(18)21)9-13-6-5-12-3-1-2-4-17(12)13;1-11-10-7-6-8-4-2-3-5-9(8)10;10-7-2-3-8-6(5-7)1-4-9(8)11;1-5(2,3)8-4(6)7;1-3-5-4-2/h2-3,6-7,9-11,14,27H,1,4-5,8,12-13,15-16H2;1-4,6-8,13,25,27H,5,9-12,14-15H2;1-4,6-9,11,20H,5,10H2;2-5,7H,6H2,1H3;2-3,5,10H,1,4H2;1-3H3,(H2,6,7);2H/b19-14+;18-13+;15-9+;;;;. The number of carbonyl (C=O) groups is 5. The molecule has 10 aliphatic rings. The molecule has 1 amide bonds. The van der Waals surface area contributed by atoms with Gasteiger partial charge in [0.15, 0.2) is 23.1 Å². The molecule has 0 spiro atoms. The number of nitrogens with zero attached hydrogens (tertiary/aromatic N) is 5. The van der Waals surface area contributed by atoms with Crippen LogP contribution in [0.4, 0.5) is 4.79 Å². The lowest BCUT2D eigenvalue weighted by molar-refractivity contribution is 0.0599. The molecule has 0 atom stereocenters. The van der Waals surface area contributed by atoms with Crippen LogP contribution < -0.4 is 11.1 Å². The van der Waals surface area contributed by atoms with Crippen molar-refractivity contribution in [2.24, 2.45) is 20.8 Å². The molecule has 0 aromatic heterocycles. The summed E-state index contributed by atoms with van der Waals surface area (Å²) in [5.74, 6) is 2.59. The summed E-state index contributed by atoms with van der Waals surface area (Å²) in [6.07, 6.45) is 24.8. The number of benzene rings is 8. The Morgan fingerprint density at radius 2 is 0.929 bits per heavy atom. The number of ether oxygens (including phenoxy) is 2. The molecular weight excluding hydrogens is 1430 g/mol. The monoisotopic (exact) mass is 1520 g/mol. The predicted octanol–water partition coefficient (Wildman–Crippen LogP) is 17.7. The van der Waals surface area contributed by atoms with Crippen LogP contribution >= 0.6 is 11.8 Å². The molecule has 2 saturated heterocycles. The fourth-order valence-corrected chi connectivity index (χ4v) is 15.8. The van der Waals surface area contributed by atoms with E-state index in [1.807, 2.05) is 30.3 Å². The van der Waals surface area contributed by atoms with Crippen LogP contribution in [0, 0.1) is 5.53 Å². The number of aromatic hydroxyl groups is 4. The van der Waals surface area contributed by atoms with Crippen molar-refractivity contribution < 1.29 is 53.9 Å². The number of phenolic OH excluding ortho intramolecular Hbond substituents is 4. The molecule has 8 aromatic rings. The number of allylic oxidation sites excluding steroid dienone is 13. The highest BCUT2D eigenvalue weighted by molar-refractivity contribution is 6.16. The number of amides is 1. The normalized spacial score (nSPS) is 17.6. The van der Waals surface area contributed by atoms with Gasteiger partial charge in [-0.15, -0.1) is 0 Å². The van der Waals surface area contributed by atoms with E-state index < -0.39 is 11.7 Å².